The Morgan fingerprint density at radius 3 is 2.40 bits per heavy atom. The second kappa shape index (κ2) is 5.94. The van der Waals surface area contributed by atoms with Crippen molar-refractivity contribution >= 4 is 5.91 Å². The van der Waals surface area contributed by atoms with E-state index in [0.717, 1.165) is 51.1 Å². The van der Waals surface area contributed by atoms with Gasteiger partial charge in [0, 0.05) is 25.9 Å². The molecule has 2 saturated heterocycles. The molecular formula is C16H21NO3. The van der Waals surface area contributed by atoms with Gasteiger partial charge in [-0.1, -0.05) is 30.3 Å². The van der Waals surface area contributed by atoms with Gasteiger partial charge in [-0.2, -0.15) is 0 Å². The molecule has 2 heterocycles. The van der Waals surface area contributed by atoms with E-state index >= 15 is 0 Å². The molecule has 1 aromatic carbocycles. The summed E-state index contributed by atoms with van der Waals surface area (Å²) in [4.78, 5) is 14.2. The average molecular weight is 275 g/mol. The van der Waals surface area contributed by atoms with E-state index in [9.17, 15) is 4.79 Å². The van der Waals surface area contributed by atoms with Crippen molar-refractivity contribution in [1.82, 2.24) is 4.90 Å². The van der Waals surface area contributed by atoms with E-state index in [2.05, 4.69) is 0 Å². The van der Waals surface area contributed by atoms with E-state index in [1.54, 1.807) is 0 Å². The van der Waals surface area contributed by atoms with Crippen LogP contribution in [-0.2, 0) is 20.7 Å². The molecule has 0 radical (unpaired) electrons. The van der Waals surface area contributed by atoms with Gasteiger partial charge in [0.15, 0.2) is 5.79 Å². The number of amides is 1. The third-order valence-electron chi connectivity index (χ3n) is 4.10. The summed E-state index contributed by atoms with van der Waals surface area (Å²) in [5.74, 6) is -0.219. The van der Waals surface area contributed by atoms with Gasteiger partial charge in [0.2, 0.25) is 5.91 Å². The van der Waals surface area contributed by atoms with Crippen LogP contribution in [0.25, 0.3) is 0 Å². The zero-order chi connectivity index (χ0) is 13.8. The SMILES string of the molecule is O=C(Cc1ccccc1)N1CCC2(CC1)OCCCO2. The predicted molar refractivity (Wildman–Crippen MR) is 75.2 cm³/mol. The Morgan fingerprint density at radius 2 is 1.75 bits per heavy atom. The number of piperidine rings is 1. The molecule has 0 unspecified atom stereocenters. The minimum absolute atomic E-state index is 0.196. The first kappa shape index (κ1) is 13.6. The van der Waals surface area contributed by atoms with Crippen LogP contribution < -0.4 is 0 Å². The summed E-state index contributed by atoms with van der Waals surface area (Å²) in [7, 11) is 0. The smallest absolute Gasteiger partial charge is 0.226 e. The normalized spacial score (nSPS) is 21.9. The summed E-state index contributed by atoms with van der Waals surface area (Å²) in [6, 6.07) is 9.90. The van der Waals surface area contributed by atoms with Gasteiger partial charge >= 0.3 is 0 Å². The minimum atomic E-state index is -0.415. The number of ether oxygens (including phenoxy) is 2. The first-order chi connectivity index (χ1) is 9.77. The summed E-state index contributed by atoms with van der Waals surface area (Å²) < 4.78 is 11.6. The fourth-order valence-corrected chi connectivity index (χ4v) is 2.88. The molecule has 2 aliphatic rings. The van der Waals surface area contributed by atoms with Crippen molar-refractivity contribution in [3.63, 3.8) is 0 Å². The van der Waals surface area contributed by atoms with Gasteiger partial charge in [-0.05, 0) is 12.0 Å². The maximum Gasteiger partial charge on any atom is 0.226 e. The third-order valence-corrected chi connectivity index (χ3v) is 4.10. The lowest BCUT2D eigenvalue weighted by Crippen LogP contribution is -2.51. The third kappa shape index (κ3) is 3.02. The van der Waals surface area contributed by atoms with Gasteiger partial charge in [-0.15, -0.1) is 0 Å². The van der Waals surface area contributed by atoms with Crippen molar-refractivity contribution in [1.29, 1.82) is 0 Å². The summed E-state index contributed by atoms with van der Waals surface area (Å²) in [5, 5.41) is 0. The maximum atomic E-state index is 12.3. The van der Waals surface area contributed by atoms with Gasteiger partial charge < -0.3 is 14.4 Å². The van der Waals surface area contributed by atoms with Crippen LogP contribution in [0.5, 0.6) is 0 Å². The van der Waals surface area contributed by atoms with Gasteiger partial charge in [0.05, 0.1) is 19.6 Å². The van der Waals surface area contributed by atoms with Crippen LogP contribution in [0.2, 0.25) is 0 Å². The second-order valence-corrected chi connectivity index (χ2v) is 5.50. The highest BCUT2D eigenvalue weighted by molar-refractivity contribution is 5.78. The molecule has 1 spiro atoms. The van der Waals surface area contributed by atoms with Crippen LogP contribution in [0.1, 0.15) is 24.8 Å². The lowest BCUT2D eigenvalue weighted by Gasteiger charge is -2.43. The van der Waals surface area contributed by atoms with E-state index < -0.39 is 5.79 Å². The van der Waals surface area contributed by atoms with E-state index in [1.165, 1.54) is 0 Å². The van der Waals surface area contributed by atoms with Crippen molar-refractivity contribution < 1.29 is 14.3 Å². The lowest BCUT2D eigenvalue weighted by molar-refractivity contribution is -0.282. The number of carbonyl (C=O) groups is 1. The standard InChI is InChI=1S/C16H21NO3/c18-15(13-14-5-2-1-3-6-14)17-9-7-16(8-10-17)19-11-4-12-20-16/h1-3,5-6H,4,7-13H2. The molecule has 4 nitrogen and oxygen atoms in total. The molecule has 108 valence electrons. The second-order valence-electron chi connectivity index (χ2n) is 5.50. The number of rotatable bonds is 2. The molecular weight excluding hydrogens is 254 g/mol. The van der Waals surface area contributed by atoms with Crippen LogP contribution in [0, 0.1) is 0 Å². The Hall–Kier alpha value is -1.39. The van der Waals surface area contributed by atoms with Gasteiger partial charge in [-0.3, -0.25) is 4.79 Å². The number of nitrogens with zero attached hydrogens (tertiary/aromatic N) is 1. The molecule has 0 saturated carbocycles. The zero-order valence-electron chi connectivity index (χ0n) is 11.7. The van der Waals surface area contributed by atoms with Crippen LogP contribution in [0.3, 0.4) is 0 Å². The Kier molecular flexibility index (Phi) is 4.03. The topological polar surface area (TPSA) is 38.8 Å². The lowest BCUT2D eigenvalue weighted by atomic mass is 10.0. The molecule has 3 rings (SSSR count). The maximum absolute atomic E-state index is 12.3. The molecule has 0 N–H and O–H groups in total. The molecule has 2 aliphatic heterocycles. The first-order valence-electron chi connectivity index (χ1n) is 7.37. The van der Waals surface area contributed by atoms with Crippen LogP contribution in [0.4, 0.5) is 0 Å². The number of likely N-dealkylation sites (tertiary alicyclic amines) is 1. The predicted octanol–water partition coefficient (Wildman–Crippen LogP) is 1.98. The van der Waals surface area contributed by atoms with E-state index in [1.807, 2.05) is 35.2 Å². The minimum Gasteiger partial charge on any atom is -0.350 e. The quantitative estimate of drug-likeness (QED) is 0.828. The number of hydrogen-bond donors (Lipinski definition) is 0. The zero-order valence-corrected chi connectivity index (χ0v) is 11.7. The van der Waals surface area contributed by atoms with Crippen molar-refractivity contribution in [3.05, 3.63) is 35.9 Å². The Bertz CT molecular complexity index is 444. The molecule has 20 heavy (non-hydrogen) atoms. The highest BCUT2D eigenvalue weighted by atomic mass is 16.7. The number of benzene rings is 1. The Balaban J connectivity index is 1.54. The largest absolute Gasteiger partial charge is 0.350 e. The van der Waals surface area contributed by atoms with Gasteiger partial charge in [-0.25, -0.2) is 0 Å². The molecule has 4 heteroatoms. The van der Waals surface area contributed by atoms with E-state index in [0.29, 0.717) is 6.42 Å². The fraction of sp³-hybridized carbons (Fsp3) is 0.562. The first-order valence-corrected chi connectivity index (χ1v) is 7.37. The summed E-state index contributed by atoms with van der Waals surface area (Å²) >= 11 is 0. The number of hydrogen-bond acceptors (Lipinski definition) is 3. The van der Waals surface area contributed by atoms with E-state index in [-0.39, 0.29) is 5.91 Å². The molecule has 2 fully saturated rings. The van der Waals surface area contributed by atoms with Crippen molar-refractivity contribution in [3.8, 4) is 0 Å². The molecule has 0 atom stereocenters. The van der Waals surface area contributed by atoms with Gasteiger partial charge in [0.1, 0.15) is 0 Å². The highest BCUT2D eigenvalue weighted by Crippen LogP contribution is 2.30. The molecule has 1 aromatic rings. The van der Waals surface area contributed by atoms with Gasteiger partial charge in [0.25, 0.3) is 0 Å². The van der Waals surface area contributed by atoms with Crippen LogP contribution in [-0.4, -0.2) is 42.9 Å². The Labute approximate surface area is 119 Å². The molecule has 0 aliphatic carbocycles. The summed E-state index contributed by atoms with van der Waals surface area (Å²) in [6.45, 7) is 3.01. The molecule has 1 amide bonds. The van der Waals surface area contributed by atoms with Crippen molar-refractivity contribution in [2.24, 2.45) is 0 Å². The van der Waals surface area contributed by atoms with Crippen molar-refractivity contribution in [2.75, 3.05) is 26.3 Å². The van der Waals surface area contributed by atoms with Crippen LogP contribution in [0.15, 0.2) is 30.3 Å². The molecule has 0 aromatic heterocycles. The highest BCUT2D eigenvalue weighted by Gasteiger charge is 2.39. The molecule has 0 bridgehead atoms. The number of carbonyl (C=O) groups excluding carboxylic acids is 1. The Morgan fingerprint density at radius 1 is 1.10 bits per heavy atom. The van der Waals surface area contributed by atoms with Crippen molar-refractivity contribution in [2.45, 2.75) is 31.5 Å². The van der Waals surface area contributed by atoms with Crippen LogP contribution >= 0.6 is 0 Å². The monoisotopic (exact) mass is 275 g/mol. The summed E-state index contributed by atoms with van der Waals surface area (Å²) in [6.07, 6.45) is 3.02. The van der Waals surface area contributed by atoms with E-state index in [4.69, 9.17) is 9.47 Å². The summed E-state index contributed by atoms with van der Waals surface area (Å²) in [5.41, 5.74) is 1.07. The average Bonchev–Trinajstić information content (AvgIpc) is 2.50. The fourth-order valence-electron chi connectivity index (χ4n) is 2.88.